The number of methoxy groups -OCH3 is 1. The summed E-state index contributed by atoms with van der Waals surface area (Å²) < 4.78 is 7.14. The highest BCUT2D eigenvalue weighted by Gasteiger charge is 2.21. The zero-order valence-electron chi connectivity index (χ0n) is 7.73. The molecule has 0 unspecified atom stereocenters. The minimum atomic E-state index is 0.543. The van der Waals surface area contributed by atoms with Crippen molar-refractivity contribution in [3.8, 4) is 0 Å². The number of nitrogens with one attached hydrogen (secondary N) is 1. The molecule has 0 saturated carbocycles. The summed E-state index contributed by atoms with van der Waals surface area (Å²) in [4.78, 5) is 0. The van der Waals surface area contributed by atoms with Gasteiger partial charge in [-0.15, -0.1) is 10.2 Å². The van der Waals surface area contributed by atoms with E-state index in [4.69, 9.17) is 4.74 Å². The SMILES string of the molecule is COCCc1nncn1C1CNC1. The maximum Gasteiger partial charge on any atom is 0.135 e. The maximum absolute atomic E-state index is 5.00. The molecule has 1 aliphatic rings. The highest BCUT2D eigenvalue weighted by Crippen LogP contribution is 2.12. The molecule has 2 rings (SSSR count). The van der Waals surface area contributed by atoms with E-state index >= 15 is 0 Å². The fourth-order valence-electron chi connectivity index (χ4n) is 1.41. The summed E-state index contributed by atoms with van der Waals surface area (Å²) in [6.45, 7) is 2.76. The van der Waals surface area contributed by atoms with Gasteiger partial charge in [-0.25, -0.2) is 0 Å². The molecule has 5 nitrogen and oxygen atoms in total. The van der Waals surface area contributed by atoms with Gasteiger partial charge in [-0.1, -0.05) is 0 Å². The molecule has 2 heterocycles. The molecular weight excluding hydrogens is 168 g/mol. The van der Waals surface area contributed by atoms with E-state index < -0.39 is 0 Å². The van der Waals surface area contributed by atoms with Crippen molar-refractivity contribution in [2.45, 2.75) is 12.5 Å². The topological polar surface area (TPSA) is 52.0 Å². The monoisotopic (exact) mass is 182 g/mol. The lowest BCUT2D eigenvalue weighted by atomic mass is 10.2. The van der Waals surface area contributed by atoms with Gasteiger partial charge in [0.05, 0.1) is 12.6 Å². The Hall–Kier alpha value is -0.940. The van der Waals surface area contributed by atoms with Gasteiger partial charge in [-0.2, -0.15) is 0 Å². The van der Waals surface area contributed by atoms with Crippen molar-refractivity contribution in [2.75, 3.05) is 26.8 Å². The average Bonchev–Trinajstić information content (AvgIpc) is 2.46. The van der Waals surface area contributed by atoms with E-state index in [1.165, 1.54) is 0 Å². The lowest BCUT2D eigenvalue weighted by Gasteiger charge is -2.29. The third kappa shape index (κ3) is 1.71. The predicted molar refractivity (Wildman–Crippen MR) is 47.5 cm³/mol. The number of hydrogen-bond donors (Lipinski definition) is 1. The summed E-state index contributed by atoms with van der Waals surface area (Å²) in [5.41, 5.74) is 0. The average molecular weight is 182 g/mol. The fraction of sp³-hybridized carbons (Fsp3) is 0.750. The standard InChI is InChI=1S/C8H14N4O/c1-13-3-2-8-11-10-6-12(8)7-4-9-5-7/h6-7,9H,2-5H2,1H3. The Morgan fingerprint density at radius 2 is 2.54 bits per heavy atom. The van der Waals surface area contributed by atoms with Crippen molar-refractivity contribution in [2.24, 2.45) is 0 Å². The third-order valence-electron chi connectivity index (χ3n) is 2.33. The molecule has 0 bridgehead atoms. The van der Waals surface area contributed by atoms with E-state index in [1.54, 1.807) is 13.4 Å². The second kappa shape index (κ2) is 3.85. The smallest absolute Gasteiger partial charge is 0.135 e. The van der Waals surface area contributed by atoms with Crippen LogP contribution in [0.15, 0.2) is 6.33 Å². The van der Waals surface area contributed by atoms with Crippen LogP contribution in [0.4, 0.5) is 0 Å². The number of nitrogens with zero attached hydrogens (tertiary/aromatic N) is 3. The lowest BCUT2D eigenvalue weighted by Crippen LogP contribution is -2.43. The van der Waals surface area contributed by atoms with Crippen LogP contribution in [0, 0.1) is 0 Å². The summed E-state index contributed by atoms with van der Waals surface area (Å²) >= 11 is 0. The third-order valence-corrected chi connectivity index (χ3v) is 2.33. The molecule has 1 aromatic heterocycles. The second-order valence-corrected chi connectivity index (χ2v) is 3.21. The van der Waals surface area contributed by atoms with Gasteiger partial charge >= 0.3 is 0 Å². The normalized spacial score (nSPS) is 17.3. The van der Waals surface area contributed by atoms with Crippen molar-refractivity contribution in [1.82, 2.24) is 20.1 Å². The number of ether oxygens (including phenoxy) is 1. The Morgan fingerprint density at radius 1 is 1.69 bits per heavy atom. The maximum atomic E-state index is 5.00. The highest BCUT2D eigenvalue weighted by molar-refractivity contribution is 4.94. The first-order chi connectivity index (χ1) is 6.42. The molecule has 1 aliphatic heterocycles. The van der Waals surface area contributed by atoms with Gasteiger partial charge in [0.2, 0.25) is 0 Å². The van der Waals surface area contributed by atoms with Gasteiger partial charge in [0.25, 0.3) is 0 Å². The zero-order chi connectivity index (χ0) is 9.10. The number of rotatable bonds is 4. The molecule has 0 aliphatic carbocycles. The van der Waals surface area contributed by atoms with Gasteiger partial charge in [0.1, 0.15) is 12.2 Å². The first-order valence-corrected chi connectivity index (χ1v) is 4.50. The molecule has 0 aromatic carbocycles. The molecule has 1 fully saturated rings. The second-order valence-electron chi connectivity index (χ2n) is 3.21. The summed E-state index contributed by atoms with van der Waals surface area (Å²) in [5.74, 6) is 1.02. The van der Waals surface area contributed by atoms with Crippen LogP contribution in [0.1, 0.15) is 11.9 Å². The Balaban J connectivity index is 2.02. The van der Waals surface area contributed by atoms with Gasteiger partial charge < -0.3 is 14.6 Å². The van der Waals surface area contributed by atoms with Crippen LogP contribution in [-0.2, 0) is 11.2 Å². The molecule has 13 heavy (non-hydrogen) atoms. The van der Waals surface area contributed by atoms with E-state index in [2.05, 4.69) is 20.1 Å². The van der Waals surface area contributed by atoms with Crippen LogP contribution in [-0.4, -0.2) is 41.6 Å². The van der Waals surface area contributed by atoms with Crippen LogP contribution >= 0.6 is 0 Å². The van der Waals surface area contributed by atoms with Gasteiger partial charge in [-0.3, -0.25) is 0 Å². The minimum Gasteiger partial charge on any atom is -0.384 e. The predicted octanol–water partition coefficient (Wildman–Crippen LogP) is -0.389. The van der Waals surface area contributed by atoms with Crippen LogP contribution < -0.4 is 5.32 Å². The largest absolute Gasteiger partial charge is 0.384 e. The van der Waals surface area contributed by atoms with E-state index in [-0.39, 0.29) is 0 Å². The summed E-state index contributed by atoms with van der Waals surface area (Å²) in [7, 11) is 1.70. The van der Waals surface area contributed by atoms with Crippen molar-refractivity contribution in [3.05, 3.63) is 12.2 Å². The van der Waals surface area contributed by atoms with Crippen LogP contribution in [0.5, 0.6) is 0 Å². The molecule has 5 heteroatoms. The van der Waals surface area contributed by atoms with Gasteiger partial charge in [0.15, 0.2) is 0 Å². The zero-order valence-corrected chi connectivity index (χ0v) is 7.73. The molecule has 1 N–H and O–H groups in total. The fourth-order valence-corrected chi connectivity index (χ4v) is 1.41. The van der Waals surface area contributed by atoms with Crippen LogP contribution in [0.3, 0.4) is 0 Å². The molecule has 1 saturated heterocycles. The Kier molecular flexibility index (Phi) is 2.56. The summed E-state index contributed by atoms with van der Waals surface area (Å²) in [5, 5.41) is 11.2. The molecular formula is C8H14N4O. The Morgan fingerprint density at radius 3 is 3.15 bits per heavy atom. The first-order valence-electron chi connectivity index (χ1n) is 4.50. The molecule has 1 aromatic rings. The highest BCUT2D eigenvalue weighted by atomic mass is 16.5. The molecule has 0 radical (unpaired) electrons. The van der Waals surface area contributed by atoms with Crippen molar-refractivity contribution in [1.29, 1.82) is 0 Å². The van der Waals surface area contributed by atoms with Crippen molar-refractivity contribution < 1.29 is 4.74 Å². The van der Waals surface area contributed by atoms with E-state index in [0.717, 1.165) is 25.3 Å². The first kappa shape index (κ1) is 8.65. The number of hydrogen-bond acceptors (Lipinski definition) is 4. The summed E-state index contributed by atoms with van der Waals surface area (Å²) in [6.07, 6.45) is 2.64. The summed E-state index contributed by atoms with van der Waals surface area (Å²) in [6, 6.07) is 0.543. The number of aromatic nitrogens is 3. The Bertz CT molecular complexity index is 269. The molecule has 0 spiro atoms. The minimum absolute atomic E-state index is 0.543. The van der Waals surface area contributed by atoms with Crippen molar-refractivity contribution in [3.63, 3.8) is 0 Å². The van der Waals surface area contributed by atoms with Crippen LogP contribution in [0.25, 0.3) is 0 Å². The van der Waals surface area contributed by atoms with Crippen molar-refractivity contribution >= 4 is 0 Å². The van der Waals surface area contributed by atoms with E-state index in [0.29, 0.717) is 12.6 Å². The molecule has 0 amide bonds. The van der Waals surface area contributed by atoms with Gasteiger partial charge in [0, 0.05) is 26.6 Å². The Labute approximate surface area is 77.1 Å². The molecule has 0 atom stereocenters. The quantitative estimate of drug-likeness (QED) is 0.689. The lowest BCUT2D eigenvalue weighted by molar-refractivity contribution is 0.197. The van der Waals surface area contributed by atoms with E-state index in [1.807, 2.05) is 0 Å². The van der Waals surface area contributed by atoms with Crippen LogP contribution in [0.2, 0.25) is 0 Å². The van der Waals surface area contributed by atoms with E-state index in [9.17, 15) is 0 Å². The molecule has 72 valence electrons. The van der Waals surface area contributed by atoms with Gasteiger partial charge in [-0.05, 0) is 0 Å².